The highest BCUT2D eigenvalue weighted by Gasteiger charge is 2.22. The van der Waals surface area contributed by atoms with Crippen LogP contribution in [0.2, 0.25) is 0 Å². The molecule has 0 atom stereocenters. The molecule has 0 amide bonds. The third-order valence-corrected chi connectivity index (χ3v) is 10.1. The van der Waals surface area contributed by atoms with Crippen molar-refractivity contribution >= 4 is 65.6 Å². The summed E-state index contributed by atoms with van der Waals surface area (Å²) in [6.45, 7) is 0. The molecule has 0 saturated carbocycles. The maximum absolute atomic E-state index is 6.53. The predicted octanol–water partition coefficient (Wildman–Crippen LogP) is 12.6. The normalized spacial score (nSPS) is 11.8. The Morgan fingerprint density at radius 3 is 1.77 bits per heavy atom. The van der Waals surface area contributed by atoms with E-state index in [4.69, 9.17) is 23.8 Å². The second-order valence-electron chi connectivity index (χ2n) is 13.1. The van der Waals surface area contributed by atoms with E-state index in [0.717, 1.165) is 105 Å². The van der Waals surface area contributed by atoms with Crippen molar-refractivity contribution in [2.45, 2.75) is 0 Å². The topological polar surface area (TPSA) is 65.0 Å². The number of aromatic nitrogens is 3. The van der Waals surface area contributed by atoms with Crippen molar-refractivity contribution in [1.29, 1.82) is 0 Å². The summed E-state index contributed by atoms with van der Waals surface area (Å²) in [5, 5.41) is 7.26. The van der Waals surface area contributed by atoms with Gasteiger partial charge in [0.1, 0.15) is 22.3 Å². The fourth-order valence-corrected chi connectivity index (χ4v) is 7.76. The first kappa shape index (κ1) is 28.7. The number of pyridine rings is 1. The molecule has 4 heterocycles. The molecule has 52 heavy (non-hydrogen) atoms. The SMILES string of the molecule is c1ccc(-c2cc(-c3cccc4oc5ccccc5c34)nc(-c3ccc(-c4nc5ccccc5c5oc6ccccc6c45)c4ccccc34)n2)cc1. The molecule has 0 fully saturated rings. The lowest BCUT2D eigenvalue weighted by Gasteiger charge is -2.14. The van der Waals surface area contributed by atoms with E-state index in [1.54, 1.807) is 0 Å². The second kappa shape index (κ2) is 11.2. The average Bonchev–Trinajstić information content (AvgIpc) is 3.80. The number of hydrogen-bond acceptors (Lipinski definition) is 5. The maximum atomic E-state index is 6.53. The van der Waals surface area contributed by atoms with E-state index in [-0.39, 0.29) is 0 Å². The molecule has 0 aliphatic heterocycles. The predicted molar refractivity (Wildman–Crippen MR) is 211 cm³/mol. The molecule has 5 heteroatoms. The molecular formula is C47H27N3O2. The molecule has 0 spiro atoms. The van der Waals surface area contributed by atoms with Crippen LogP contribution in [0.5, 0.6) is 0 Å². The molecule has 0 N–H and O–H groups in total. The summed E-state index contributed by atoms with van der Waals surface area (Å²) in [5.74, 6) is 0.647. The number of hydrogen-bond donors (Lipinski definition) is 0. The molecule has 0 aliphatic rings. The van der Waals surface area contributed by atoms with Crippen molar-refractivity contribution in [2.75, 3.05) is 0 Å². The summed E-state index contributed by atoms with van der Waals surface area (Å²) in [5.41, 5.74) is 10.8. The summed E-state index contributed by atoms with van der Waals surface area (Å²) in [6.07, 6.45) is 0. The molecule has 7 aromatic carbocycles. The minimum atomic E-state index is 0.647. The van der Waals surface area contributed by atoms with Gasteiger partial charge in [-0.15, -0.1) is 0 Å². The smallest absolute Gasteiger partial charge is 0.161 e. The quantitative estimate of drug-likeness (QED) is 0.187. The van der Waals surface area contributed by atoms with Gasteiger partial charge in [0.05, 0.1) is 28.0 Å². The van der Waals surface area contributed by atoms with Crippen molar-refractivity contribution in [2.24, 2.45) is 0 Å². The van der Waals surface area contributed by atoms with Crippen LogP contribution in [0.1, 0.15) is 0 Å². The molecule has 5 nitrogen and oxygen atoms in total. The Morgan fingerprint density at radius 1 is 0.365 bits per heavy atom. The highest BCUT2D eigenvalue weighted by Crippen LogP contribution is 2.43. The number of benzene rings is 7. The van der Waals surface area contributed by atoms with Gasteiger partial charge < -0.3 is 8.83 Å². The molecule has 4 aromatic heterocycles. The van der Waals surface area contributed by atoms with E-state index in [2.05, 4.69) is 91.0 Å². The Balaban J connectivity index is 1.18. The van der Waals surface area contributed by atoms with Gasteiger partial charge in [-0.25, -0.2) is 15.0 Å². The largest absolute Gasteiger partial charge is 0.456 e. The van der Waals surface area contributed by atoms with E-state index in [1.807, 2.05) is 72.8 Å². The van der Waals surface area contributed by atoms with Crippen LogP contribution in [0.25, 0.3) is 111 Å². The lowest BCUT2D eigenvalue weighted by atomic mass is 9.94. The van der Waals surface area contributed by atoms with Crippen LogP contribution < -0.4 is 0 Å². The van der Waals surface area contributed by atoms with Crippen LogP contribution in [-0.2, 0) is 0 Å². The number of rotatable bonds is 4. The number of nitrogens with zero attached hydrogens (tertiary/aromatic N) is 3. The molecule has 0 bridgehead atoms. The van der Waals surface area contributed by atoms with Gasteiger partial charge >= 0.3 is 0 Å². The Morgan fingerprint density at radius 2 is 0.962 bits per heavy atom. The van der Waals surface area contributed by atoms with Crippen LogP contribution in [0.3, 0.4) is 0 Å². The van der Waals surface area contributed by atoms with E-state index in [1.165, 1.54) is 0 Å². The molecule has 11 rings (SSSR count). The van der Waals surface area contributed by atoms with Crippen molar-refractivity contribution in [3.05, 3.63) is 164 Å². The molecule has 0 radical (unpaired) electrons. The minimum absolute atomic E-state index is 0.647. The minimum Gasteiger partial charge on any atom is -0.456 e. The number of furan rings is 2. The van der Waals surface area contributed by atoms with Crippen molar-refractivity contribution in [1.82, 2.24) is 15.0 Å². The van der Waals surface area contributed by atoms with Crippen LogP contribution in [0.4, 0.5) is 0 Å². The maximum Gasteiger partial charge on any atom is 0.161 e. The van der Waals surface area contributed by atoms with Gasteiger partial charge in [-0.1, -0.05) is 121 Å². The first-order valence-corrected chi connectivity index (χ1v) is 17.4. The molecule has 0 saturated heterocycles. The zero-order chi connectivity index (χ0) is 34.2. The average molecular weight is 666 g/mol. The lowest BCUT2D eigenvalue weighted by molar-refractivity contribution is 0.669. The summed E-state index contributed by atoms with van der Waals surface area (Å²) >= 11 is 0. The van der Waals surface area contributed by atoms with Gasteiger partial charge in [0.2, 0.25) is 0 Å². The first-order chi connectivity index (χ1) is 25.8. The second-order valence-corrected chi connectivity index (χ2v) is 13.1. The Bertz CT molecular complexity index is 3190. The van der Waals surface area contributed by atoms with Crippen LogP contribution in [0.15, 0.2) is 173 Å². The van der Waals surface area contributed by atoms with E-state index in [9.17, 15) is 0 Å². The third kappa shape index (κ3) is 4.33. The summed E-state index contributed by atoms with van der Waals surface area (Å²) in [6, 6.07) is 55.9. The van der Waals surface area contributed by atoms with Gasteiger partial charge in [0.15, 0.2) is 5.82 Å². The van der Waals surface area contributed by atoms with Crippen LogP contribution >= 0.6 is 0 Å². The lowest BCUT2D eigenvalue weighted by Crippen LogP contribution is -1.97. The van der Waals surface area contributed by atoms with Crippen molar-refractivity contribution in [3.8, 4) is 45.2 Å². The molecule has 242 valence electrons. The molecular weight excluding hydrogens is 639 g/mol. The van der Waals surface area contributed by atoms with Gasteiger partial charge in [-0.05, 0) is 53.2 Å². The number of fused-ring (bicyclic) bond motifs is 9. The zero-order valence-electron chi connectivity index (χ0n) is 27.7. The Hall–Kier alpha value is -7.11. The van der Waals surface area contributed by atoms with Crippen LogP contribution in [0, 0.1) is 0 Å². The molecule has 0 unspecified atom stereocenters. The summed E-state index contributed by atoms with van der Waals surface area (Å²) in [4.78, 5) is 15.9. The first-order valence-electron chi connectivity index (χ1n) is 17.4. The summed E-state index contributed by atoms with van der Waals surface area (Å²) in [7, 11) is 0. The highest BCUT2D eigenvalue weighted by molar-refractivity contribution is 6.21. The third-order valence-electron chi connectivity index (χ3n) is 10.1. The fourth-order valence-electron chi connectivity index (χ4n) is 7.76. The zero-order valence-corrected chi connectivity index (χ0v) is 27.7. The van der Waals surface area contributed by atoms with E-state index >= 15 is 0 Å². The van der Waals surface area contributed by atoms with Crippen molar-refractivity contribution in [3.63, 3.8) is 0 Å². The fraction of sp³-hybridized carbons (Fsp3) is 0. The van der Waals surface area contributed by atoms with E-state index in [0.29, 0.717) is 5.82 Å². The number of para-hydroxylation sites is 3. The standard InChI is InChI=1S/C47H27N3O2/c1-2-13-28(14-3-1)38-27-39(33-20-12-24-42-43(33)35-18-7-10-22-40(35)51-42)50-47(49-38)32-26-25-31(29-15-4-5-16-30(29)32)45-44-36-19-8-11-23-41(36)52-46(44)34-17-6-9-21-37(34)48-45/h1-27H. The molecule has 0 aliphatic carbocycles. The van der Waals surface area contributed by atoms with Gasteiger partial charge in [-0.3, -0.25) is 0 Å². The molecule has 11 aromatic rings. The van der Waals surface area contributed by atoms with Crippen molar-refractivity contribution < 1.29 is 8.83 Å². The van der Waals surface area contributed by atoms with Gasteiger partial charge in [-0.2, -0.15) is 0 Å². The Labute approximate surface area is 297 Å². The van der Waals surface area contributed by atoms with Gasteiger partial charge in [0.25, 0.3) is 0 Å². The van der Waals surface area contributed by atoms with Crippen LogP contribution in [-0.4, -0.2) is 15.0 Å². The Kier molecular flexibility index (Phi) is 6.18. The summed E-state index contributed by atoms with van der Waals surface area (Å²) < 4.78 is 12.8. The monoisotopic (exact) mass is 665 g/mol. The van der Waals surface area contributed by atoms with Gasteiger partial charge in [0, 0.05) is 43.8 Å². The van der Waals surface area contributed by atoms with E-state index < -0.39 is 0 Å². The highest BCUT2D eigenvalue weighted by atomic mass is 16.3.